The van der Waals surface area contributed by atoms with Crippen molar-refractivity contribution in [3.8, 4) is 29.6 Å². The van der Waals surface area contributed by atoms with E-state index in [1.165, 1.54) is 0 Å². The molecule has 0 saturated carbocycles. The van der Waals surface area contributed by atoms with Crippen LogP contribution in [-0.4, -0.2) is 0 Å². The second kappa shape index (κ2) is 6.22. The van der Waals surface area contributed by atoms with E-state index in [9.17, 15) is 0 Å². The summed E-state index contributed by atoms with van der Waals surface area (Å²) < 4.78 is 0. The molecular weight excluding hydrogens is 156 g/mol. The van der Waals surface area contributed by atoms with E-state index < -0.39 is 5.41 Å². The van der Waals surface area contributed by atoms with Crippen LogP contribution in [0.5, 0.6) is 0 Å². The van der Waals surface area contributed by atoms with Crippen molar-refractivity contribution in [3.63, 3.8) is 0 Å². The zero-order chi connectivity index (χ0) is 10.2. The van der Waals surface area contributed by atoms with E-state index >= 15 is 0 Å². The second-order valence-electron chi connectivity index (χ2n) is 2.82. The summed E-state index contributed by atoms with van der Waals surface area (Å²) in [7, 11) is 0. The molecule has 0 heterocycles. The van der Waals surface area contributed by atoms with Gasteiger partial charge in [-0.1, -0.05) is 25.7 Å². The third-order valence-electron chi connectivity index (χ3n) is 1.91. The molecule has 67 valence electrons. The van der Waals surface area contributed by atoms with Gasteiger partial charge in [0.05, 0.1) is 0 Å². The van der Waals surface area contributed by atoms with Crippen LogP contribution in [0.4, 0.5) is 0 Å². The van der Waals surface area contributed by atoms with Crippen LogP contribution in [0, 0.1) is 41.4 Å². The molecule has 0 fully saturated rings. The molecule has 13 heavy (non-hydrogen) atoms. The highest BCUT2D eigenvalue weighted by Crippen LogP contribution is 2.23. The zero-order valence-corrected chi connectivity index (χ0v) is 8.62. The van der Waals surface area contributed by atoms with Gasteiger partial charge in [-0.15, -0.1) is 17.8 Å². The van der Waals surface area contributed by atoms with Crippen molar-refractivity contribution in [3.05, 3.63) is 6.42 Å². The first-order chi connectivity index (χ1) is 6.24. The Morgan fingerprint density at radius 3 is 2.31 bits per heavy atom. The minimum atomic E-state index is -0.432. The molecule has 0 saturated heterocycles. The van der Waals surface area contributed by atoms with E-state index in [-0.39, 0.29) is 0 Å². The fraction of sp³-hybridized carbons (Fsp3) is 0.538. The summed E-state index contributed by atoms with van der Waals surface area (Å²) in [6.07, 6.45) is 9.49. The number of hydrogen-bond donors (Lipinski definition) is 0. The Morgan fingerprint density at radius 2 is 1.92 bits per heavy atom. The summed E-state index contributed by atoms with van der Waals surface area (Å²) in [6, 6.07) is 0. The van der Waals surface area contributed by atoms with Gasteiger partial charge in [0.15, 0.2) is 0 Å². The van der Waals surface area contributed by atoms with Gasteiger partial charge in [0.2, 0.25) is 0 Å². The third kappa shape index (κ3) is 3.73. The number of rotatable bonds is 2. The average molecular weight is 171 g/mol. The molecule has 0 aromatic carbocycles. The topological polar surface area (TPSA) is 0 Å². The van der Waals surface area contributed by atoms with E-state index in [4.69, 9.17) is 6.42 Å². The van der Waals surface area contributed by atoms with Crippen molar-refractivity contribution in [2.45, 2.75) is 40.0 Å². The summed E-state index contributed by atoms with van der Waals surface area (Å²) in [5.74, 6) is 14.4. The Morgan fingerprint density at radius 1 is 1.23 bits per heavy atom. The maximum atomic E-state index is 7.24. The summed E-state index contributed by atoms with van der Waals surface area (Å²) in [5.41, 5.74) is -0.432. The Hall–Kier alpha value is -1.32. The molecular formula is C13H15. The van der Waals surface area contributed by atoms with Crippen molar-refractivity contribution < 1.29 is 0 Å². The van der Waals surface area contributed by atoms with Crippen LogP contribution in [0.1, 0.15) is 40.0 Å². The molecule has 0 spiro atoms. The van der Waals surface area contributed by atoms with Crippen LogP contribution in [0.15, 0.2) is 0 Å². The second-order valence-corrected chi connectivity index (χ2v) is 2.82. The summed E-state index contributed by atoms with van der Waals surface area (Å²) in [6.45, 7) is 5.82. The quantitative estimate of drug-likeness (QED) is 0.560. The highest BCUT2D eigenvalue weighted by atomic mass is 14.2. The average Bonchev–Trinajstić information content (AvgIpc) is 2.20. The normalized spacial score (nSPS) is 12.5. The first-order valence-electron chi connectivity index (χ1n) is 4.58. The van der Waals surface area contributed by atoms with E-state index in [0.29, 0.717) is 6.42 Å². The highest BCUT2D eigenvalue weighted by Gasteiger charge is 2.21. The Balaban J connectivity index is 4.68. The first kappa shape index (κ1) is 11.7. The lowest BCUT2D eigenvalue weighted by Gasteiger charge is -2.16. The summed E-state index contributed by atoms with van der Waals surface area (Å²) in [4.78, 5) is 0. The van der Waals surface area contributed by atoms with Gasteiger partial charge in [-0.05, 0) is 19.8 Å². The van der Waals surface area contributed by atoms with E-state index in [2.05, 4.69) is 29.6 Å². The van der Waals surface area contributed by atoms with Gasteiger partial charge in [-0.3, -0.25) is 0 Å². The van der Waals surface area contributed by atoms with E-state index in [1.807, 2.05) is 13.8 Å². The molecule has 0 bridgehead atoms. The molecule has 0 N–H and O–H groups in total. The molecule has 0 nitrogen and oxygen atoms in total. The van der Waals surface area contributed by atoms with Crippen molar-refractivity contribution in [2.75, 3.05) is 0 Å². The predicted octanol–water partition coefficient (Wildman–Crippen LogP) is 2.80. The smallest absolute Gasteiger partial charge is 0.103 e. The van der Waals surface area contributed by atoms with Crippen LogP contribution >= 0.6 is 0 Å². The van der Waals surface area contributed by atoms with Crippen molar-refractivity contribution in [2.24, 2.45) is 5.41 Å². The molecule has 1 atom stereocenters. The molecule has 1 unspecified atom stereocenters. The van der Waals surface area contributed by atoms with Gasteiger partial charge in [-0.2, -0.15) is 0 Å². The van der Waals surface area contributed by atoms with Gasteiger partial charge < -0.3 is 0 Å². The molecule has 0 aromatic heterocycles. The Labute approximate surface area is 82.1 Å². The minimum Gasteiger partial charge on any atom is -0.107 e. The van der Waals surface area contributed by atoms with Gasteiger partial charge in [0, 0.05) is 12.8 Å². The molecule has 0 aliphatic rings. The lowest BCUT2D eigenvalue weighted by molar-refractivity contribution is 0.532. The third-order valence-corrected chi connectivity index (χ3v) is 1.91. The summed E-state index contributed by atoms with van der Waals surface area (Å²) in [5, 5.41) is 0. The van der Waals surface area contributed by atoms with Gasteiger partial charge in [0.1, 0.15) is 5.41 Å². The predicted molar refractivity (Wildman–Crippen MR) is 56.0 cm³/mol. The molecule has 0 rings (SSSR count). The van der Waals surface area contributed by atoms with Crippen LogP contribution < -0.4 is 0 Å². The standard InChI is InChI=1S/C13H15/c1-5-9-11-13(7-3,8-4)12-10-6-2/h5,7,12H2,1-3H3. The first-order valence-corrected chi connectivity index (χ1v) is 4.58. The monoisotopic (exact) mass is 171 g/mol. The van der Waals surface area contributed by atoms with Crippen molar-refractivity contribution >= 4 is 0 Å². The molecule has 0 heteroatoms. The Kier molecular flexibility index (Phi) is 5.59. The Bertz CT molecular complexity index is 295. The lowest BCUT2D eigenvalue weighted by atomic mass is 9.83. The fourth-order valence-corrected chi connectivity index (χ4v) is 0.918. The molecule has 0 amide bonds. The van der Waals surface area contributed by atoms with Gasteiger partial charge in [-0.25, -0.2) is 0 Å². The van der Waals surface area contributed by atoms with E-state index in [1.54, 1.807) is 6.92 Å². The van der Waals surface area contributed by atoms with Crippen molar-refractivity contribution in [1.82, 2.24) is 0 Å². The van der Waals surface area contributed by atoms with Crippen LogP contribution in [0.2, 0.25) is 0 Å². The summed E-state index contributed by atoms with van der Waals surface area (Å²) >= 11 is 0. The largest absolute Gasteiger partial charge is 0.107 e. The minimum absolute atomic E-state index is 0.432. The van der Waals surface area contributed by atoms with Crippen molar-refractivity contribution in [1.29, 1.82) is 0 Å². The zero-order valence-electron chi connectivity index (χ0n) is 8.62. The maximum Gasteiger partial charge on any atom is 0.103 e. The van der Waals surface area contributed by atoms with E-state index in [0.717, 1.165) is 12.8 Å². The molecule has 0 aromatic rings. The van der Waals surface area contributed by atoms with Crippen LogP contribution in [0.25, 0.3) is 0 Å². The number of hydrogen-bond acceptors (Lipinski definition) is 0. The van der Waals surface area contributed by atoms with Crippen LogP contribution in [0.3, 0.4) is 0 Å². The highest BCUT2D eigenvalue weighted by molar-refractivity contribution is 5.25. The maximum absolute atomic E-state index is 7.24. The van der Waals surface area contributed by atoms with Crippen LogP contribution in [-0.2, 0) is 0 Å². The van der Waals surface area contributed by atoms with Gasteiger partial charge in [0.25, 0.3) is 0 Å². The molecule has 1 radical (unpaired) electrons. The molecule has 0 aliphatic heterocycles. The molecule has 0 aliphatic carbocycles. The lowest BCUT2D eigenvalue weighted by Crippen LogP contribution is -2.13. The van der Waals surface area contributed by atoms with Gasteiger partial charge >= 0.3 is 0 Å². The fourth-order valence-electron chi connectivity index (χ4n) is 0.918. The SMILES string of the molecule is [C]#CC(C#CCC)(CC)CC#CC.